The van der Waals surface area contributed by atoms with Crippen molar-refractivity contribution in [1.29, 1.82) is 0 Å². The van der Waals surface area contributed by atoms with Gasteiger partial charge >= 0.3 is 0 Å². The van der Waals surface area contributed by atoms with E-state index in [1.54, 1.807) is 7.11 Å². The Morgan fingerprint density at radius 2 is 1.80 bits per heavy atom. The molecule has 1 atom stereocenters. The summed E-state index contributed by atoms with van der Waals surface area (Å²) in [6.07, 6.45) is 0.935. The molecule has 0 aromatic heterocycles. The van der Waals surface area contributed by atoms with Crippen LogP contribution in [-0.4, -0.2) is 7.11 Å². The van der Waals surface area contributed by atoms with Gasteiger partial charge in [-0.1, -0.05) is 31.2 Å². The number of hydrogen-bond donors (Lipinski definition) is 1. The van der Waals surface area contributed by atoms with Crippen LogP contribution in [0.25, 0.3) is 0 Å². The smallest absolute Gasteiger partial charge is 0.119 e. The van der Waals surface area contributed by atoms with Crippen molar-refractivity contribution in [2.75, 3.05) is 7.11 Å². The molecule has 0 saturated carbocycles. The van der Waals surface area contributed by atoms with E-state index in [0.717, 1.165) is 29.0 Å². The number of rotatable bonds is 6. The fourth-order valence-electron chi connectivity index (χ4n) is 1.98. The van der Waals surface area contributed by atoms with Crippen LogP contribution >= 0.6 is 0 Å². The lowest BCUT2D eigenvalue weighted by Crippen LogP contribution is -2.08. The first-order valence-electron chi connectivity index (χ1n) is 6.84. The van der Waals surface area contributed by atoms with Crippen molar-refractivity contribution in [2.45, 2.75) is 26.0 Å². The third kappa shape index (κ3) is 3.75. The third-order valence-corrected chi connectivity index (χ3v) is 3.29. The highest BCUT2D eigenvalue weighted by molar-refractivity contribution is 5.31. The minimum Gasteiger partial charge on any atom is -0.497 e. The van der Waals surface area contributed by atoms with Gasteiger partial charge in [0.25, 0.3) is 0 Å². The van der Waals surface area contributed by atoms with E-state index in [1.165, 1.54) is 0 Å². The van der Waals surface area contributed by atoms with Gasteiger partial charge in [-0.3, -0.25) is 0 Å². The molecule has 0 radical (unpaired) electrons. The summed E-state index contributed by atoms with van der Waals surface area (Å²) in [5.41, 5.74) is 8.21. The molecule has 0 bridgehead atoms. The van der Waals surface area contributed by atoms with Crippen LogP contribution in [0.5, 0.6) is 11.5 Å². The molecule has 106 valence electrons. The predicted molar refractivity (Wildman–Crippen MR) is 81.0 cm³/mol. The average Bonchev–Trinajstić information content (AvgIpc) is 2.53. The normalized spacial score (nSPS) is 11.9. The molecule has 0 aliphatic carbocycles. The highest BCUT2D eigenvalue weighted by Gasteiger charge is 2.03. The number of ether oxygens (including phenoxy) is 2. The molecule has 0 amide bonds. The molecule has 2 rings (SSSR count). The van der Waals surface area contributed by atoms with E-state index < -0.39 is 0 Å². The minimum atomic E-state index is 0.0995. The van der Waals surface area contributed by atoms with Crippen molar-refractivity contribution in [2.24, 2.45) is 5.73 Å². The molecular formula is C17H21NO2. The minimum absolute atomic E-state index is 0.0995. The molecule has 0 fully saturated rings. The fraction of sp³-hybridized carbons (Fsp3) is 0.294. The molecule has 3 nitrogen and oxygen atoms in total. The maximum absolute atomic E-state index is 5.99. The van der Waals surface area contributed by atoms with Crippen LogP contribution in [0.4, 0.5) is 0 Å². The van der Waals surface area contributed by atoms with Crippen LogP contribution in [-0.2, 0) is 6.61 Å². The Hall–Kier alpha value is -2.00. The van der Waals surface area contributed by atoms with Crippen molar-refractivity contribution in [3.8, 4) is 11.5 Å². The zero-order valence-electron chi connectivity index (χ0n) is 12.0. The molecule has 2 aromatic carbocycles. The van der Waals surface area contributed by atoms with Gasteiger partial charge in [0.15, 0.2) is 0 Å². The Kier molecular flexibility index (Phi) is 5.02. The van der Waals surface area contributed by atoms with Crippen LogP contribution < -0.4 is 15.2 Å². The first-order valence-corrected chi connectivity index (χ1v) is 6.84. The summed E-state index contributed by atoms with van der Waals surface area (Å²) in [5, 5.41) is 0. The highest BCUT2D eigenvalue weighted by Crippen LogP contribution is 2.20. The van der Waals surface area contributed by atoms with Gasteiger partial charge in [0.05, 0.1) is 7.11 Å². The van der Waals surface area contributed by atoms with Gasteiger partial charge < -0.3 is 15.2 Å². The van der Waals surface area contributed by atoms with E-state index in [1.807, 2.05) is 48.5 Å². The van der Waals surface area contributed by atoms with Crippen LogP contribution in [0.3, 0.4) is 0 Å². The number of hydrogen-bond acceptors (Lipinski definition) is 3. The molecule has 2 N–H and O–H groups in total. The Morgan fingerprint density at radius 3 is 2.45 bits per heavy atom. The Labute approximate surface area is 120 Å². The van der Waals surface area contributed by atoms with Crippen LogP contribution in [0.15, 0.2) is 48.5 Å². The molecule has 0 unspecified atom stereocenters. The van der Waals surface area contributed by atoms with E-state index in [4.69, 9.17) is 15.2 Å². The summed E-state index contributed by atoms with van der Waals surface area (Å²) in [6.45, 7) is 2.61. The first-order chi connectivity index (χ1) is 9.72. The molecule has 0 aliphatic heterocycles. The van der Waals surface area contributed by atoms with Crippen molar-refractivity contribution in [1.82, 2.24) is 0 Å². The van der Waals surface area contributed by atoms with Gasteiger partial charge in [-0.05, 0) is 41.8 Å². The topological polar surface area (TPSA) is 44.5 Å². The molecule has 20 heavy (non-hydrogen) atoms. The summed E-state index contributed by atoms with van der Waals surface area (Å²) in [7, 11) is 1.66. The van der Waals surface area contributed by atoms with E-state index in [9.17, 15) is 0 Å². The van der Waals surface area contributed by atoms with E-state index >= 15 is 0 Å². The fourth-order valence-corrected chi connectivity index (χ4v) is 1.98. The van der Waals surface area contributed by atoms with Gasteiger partial charge in [-0.25, -0.2) is 0 Å². The summed E-state index contributed by atoms with van der Waals surface area (Å²) < 4.78 is 11.0. The molecule has 3 heteroatoms. The number of nitrogens with two attached hydrogens (primary N) is 1. The lowest BCUT2D eigenvalue weighted by atomic mass is 10.1. The second-order valence-corrected chi connectivity index (χ2v) is 4.72. The molecule has 0 saturated heterocycles. The van der Waals surface area contributed by atoms with Crippen molar-refractivity contribution in [3.05, 3.63) is 59.7 Å². The molecule has 0 spiro atoms. The quantitative estimate of drug-likeness (QED) is 0.871. The van der Waals surface area contributed by atoms with Crippen LogP contribution in [0.1, 0.15) is 30.5 Å². The van der Waals surface area contributed by atoms with Crippen molar-refractivity contribution < 1.29 is 9.47 Å². The number of benzene rings is 2. The van der Waals surface area contributed by atoms with Crippen molar-refractivity contribution in [3.63, 3.8) is 0 Å². The van der Waals surface area contributed by atoms with Crippen LogP contribution in [0.2, 0.25) is 0 Å². The standard InChI is InChI=1S/C17H21NO2/c1-3-17(18)14-7-9-15(10-8-14)20-12-13-5-4-6-16(11-13)19-2/h4-11,17H,3,12,18H2,1-2H3/t17-/m1/s1. The Morgan fingerprint density at radius 1 is 1.05 bits per heavy atom. The van der Waals surface area contributed by atoms with Crippen LogP contribution in [0, 0.1) is 0 Å². The lowest BCUT2D eigenvalue weighted by Gasteiger charge is -2.11. The molecule has 0 heterocycles. The van der Waals surface area contributed by atoms with Gasteiger partial charge in [-0.15, -0.1) is 0 Å². The number of methoxy groups -OCH3 is 1. The highest BCUT2D eigenvalue weighted by atomic mass is 16.5. The third-order valence-electron chi connectivity index (χ3n) is 3.29. The Balaban J connectivity index is 1.96. The largest absolute Gasteiger partial charge is 0.497 e. The predicted octanol–water partition coefficient (Wildman–Crippen LogP) is 3.68. The van der Waals surface area contributed by atoms with Gasteiger partial charge in [-0.2, -0.15) is 0 Å². The van der Waals surface area contributed by atoms with E-state index in [0.29, 0.717) is 6.61 Å². The summed E-state index contributed by atoms with van der Waals surface area (Å²) in [5.74, 6) is 1.69. The van der Waals surface area contributed by atoms with Gasteiger partial charge in [0.1, 0.15) is 18.1 Å². The molecule has 2 aromatic rings. The van der Waals surface area contributed by atoms with Gasteiger partial charge in [0.2, 0.25) is 0 Å². The second-order valence-electron chi connectivity index (χ2n) is 4.72. The maximum atomic E-state index is 5.99. The van der Waals surface area contributed by atoms with E-state index in [2.05, 4.69) is 6.92 Å². The summed E-state index contributed by atoms with van der Waals surface area (Å²) in [4.78, 5) is 0. The Bertz CT molecular complexity index is 537. The average molecular weight is 271 g/mol. The van der Waals surface area contributed by atoms with E-state index in [-0.39, 0.29) is 6.04 Å². The molecular weight excluding hydrogens is 250 g/mol. The summed E-state index contributed by atoms with van der Waals surface area (Å²) in [6, 6.07) is 15.9. The molecule has 0 aliphatic rings. The first kappa shape index (κ1) is 14.4. The zero-order chi connectivity index (χ0) is 14.4. The monoisotopic (exact) mass is 271 g/mol. The summed E-state index contributed by atoms with van der Waals surface area (Å²) >= 11 is 0. The zero-order valence-corrected chi connectivity index (χ0v) is 12.0. The second kappa shape index (κ2) is 6.96. The van der Waals surface area contributed by atoms with Crippen molar-refractivity contribution >= 4 is 0 Å². The van der Waals surface area contributed by atoms with Gasteiger partial charge in [0, 0.05) is 6.04 Å². The SMILES string of the molecule is CC[C@@H](N)c1ccc(OCc2cccc(OC)c2)cc1. The maximum Gasteiger partial charge on any atom is 0.119 e. The lowest BCUT2D eigenvalue weighted by molar-refractivity contribution is 0.305.